The van der Waals surface area contributed by atoms with E-state index in [4.69, 9.17) is 28.9 Å². The molecule has 0 heterocycles. The Hall–Kier alpha value is -1.63. The van der Waals surface area contributed by atoms with Crippen LogP contribution in [0.15, 0.2) is 41.3 Å². The van der Waals surface area contributed by atoms with Crippen LogP contribution >= 0.6 is 23.2 Å². The minimum atomic E-state index is -3.86. The normalized spacial score (nSPS) is 11.3. The van der Waals surface area contributed by atoms with Crippen molar-refractivity contribution >= 4 is 44.6 Å². The van der Waals surface area contributed by atoms with Gasteiger partial charge in [-0.05, 0) is 36.4 Å². The van der Waals surface area contributed by atoms with Gasteiger partial charge in [0.1, 0.15) is 5.75 Å². The number of phenols is 1. The summed E-state index contributed by atoms with van der Waals surface area (Å²) in [5.41, 5.74) is 5.64. The molecule has 4 N–H and O–H groups in total. The molecule has 0 aliphatic rings. The molecule has 0 atom stereocenters. The van der Waals surface area contributed by atoms with Crippen LogP contribution in [-0.2, 0) is 10.0 Å². The first-order valence-electron chi connectivity index (χ1n) is 5.36. The van der Waals surface area contributed by atoms with Crippen molar-refractivity contribution in [1.29, 1.82) is 0 Å². The van der Waals surface area contributed by atoms with Crippen LogP contribution in [0.25, 0.3) is 0 Å². The Morgan fingerprint density at radius 3 is 2.40 bits per heavy atom. The van der Waals surface area contributed by atoms with E-state index in [9.17, 15) is 13.5 Å². The smallest absolute Gasteiger partial charge is 0.262 e. The number of nitrogens with two attached hydrogens (primary N) is 1. The third kappa shape index (κ3) is 3.09. The van der Waals surface area contributed by atoms with Gasteiger partial charge in [0.2, 0.25) is 0 Å². The van der Waals surface area contributed by atoms with Crippen LogP contribution in [0.1, 0.15) is 0 Å². The van der Waals surface area contributed by atoms with Crippen molar-refractivity contribution in [2.24, 2.45) is 0 Å². The topological polar surface area (TPSA) is 92.4 Å². The van der Waals surface area contributed by atoms with Gasteiger partial charge in [-0.2, -0.15) is 0 Å². The van der Waals surface area contributed by atoms with E-state index in [1.807, 2.05) is 0 Å². The molecule has 20 heavy (non-hydrogen) atoms. The number of nitrogens with one attached hydrogen (secondary N) is 1. The van der Waals surface area contributed by atoms with E-state index in [0.29, 0.717) is 5.02 Å². The van der Waals surface area contributed by atoms with E-state index < -0.39 is 10.0 Å². The molecular formula is C12H10Cl2N2O3S. The van der Waals surface area contributed by atoms with E-state index in [1.54, 1.807) is 0 Å². The van der Waals surface area contributed by atoms with Crippen LogP contribution in [0.3, 0.4) is 0 Å². The summed E-state index contributed by atoms with van der Waals surface area (Å²) < 4.78 is 26.6. The van der Waals surface area contributed by atoms with Crippen LogP contribution in [0.2, 0.25) is 10.0 Å². The Morgan fingerprint density at radius 2 is 1.80 bits per heavy atom. The minimum Gasteiger partial charge on any atom is -0.506 e. The summed E-state index contributed by atoms with van der Waals surface area (Å²) in [6.07, 6.45) is 0. The summed E-state index contributed by atoms with van der Waals surface area (Å²) in [4.78, 5) is -0.0844. The molecular weight excluding hydrogens is 323 g/mol. The van der Waals surface area contributed by atoms with Crippen molar-refractivity contribution in [3.05, 3.63) is 46.4 Å². The molecule has 2 aromatic carbocycles. The second-order valence-corrected chi connectivity index (χ2v) is 6.48. The Balaban J connectivity index is 2.38. The fourth-order valence-electron chi connectivity index (χ4n) is 1.48. The Morgan fingerprint density at radius 1 is 1.10 bits per heavy atom. The summed E-state index contributed by atoms with van der Waals surface area (Å²) in [7, 11) is -3.86. The van der Waals surface area contributed by atoms with E-state index >= 15 is 0 Å². The van der Waals surface area contributed by atoms with Crippen molar-refractivity contribution < 1.29 is 13.5 Å². The van der Waals surface area contributed by atoms with Gasteiger partial charge in [-0.25, -0.2) is 8.42 Å². The first-order chi connectivity index (χ1) is 9.29. The van der Waals surface area contributed by atoms with E-state index in [2.05, 4.69) is 4.72 Å². The second-order valence-electron chi connectivity index (χ2n) is 3.95. The molecule has 8 heteroatoms. The van der Waals surface area contributed by atoms with Crippen LogP contribution in [0.4, 0.5) is 11.4 Å². The number of nitrogen functional groups attached to an aromatic ring is 1. The highest BCUT2D eigenvalue weighted by molar-refractivity contribution is 7.92. The summed E-state index contributed by atoms with van der Waals surface area (Å²) in [6.45, 7) is 0. The molecule has 0 fully saturated rings. The first kappa shape index (κ1) is 14.8. The van der Waals surface area contributed by atoms with Gasteiger partial charge in [-0.1, -0.05) is 23.2 Å². The number of anilines is 2. The van der Waals surface area contributed by atoms with Gasteiger partial charge < -0.3 is 10.8 Å². The largest absolute Gasteiger partial charge is 0.506 e. The van der Waals surface area contributed by atoms with Gasteiger partial charge in [-0.3, -0.25) is 4.72 Å². The Bertz CT molecular complexity index is 763. The van der Waals surface area contributed by atoms with Crippen molar-refractivity contribution in [2.45, 2.75) is 4.90 Å². The number of halogens is 2. The summed E-state index contributed by atoms with van der Waals surface area (Å²) in [5, 5.41) is 9.87. The average molecular weight is 333 g/mol. The number of aromatic hydroxyl groups is 1. The van der Waals surface area contributed by atoms with Crippen LogP contribution in [-0.4, -0.2) is 13.5 Å². The van der Waals surface area contributed by atoms with Crippen molar-refractivity contribution in [1.82, 2.24) is 0 Å². The predicted octanol–water partition coefficient (Wildman–Crippen LogP) is 3.08. The second kappa shape index (κ2) is 5.40. The van der Waals surface area contributed by atoms with Gasteiger partial charge >= 0.3 is 0 Å². The molecule has 0 spiro atoms. The number of benzene rings is 2. The molecule has 0 bridgehead atoms. The first-order valence-corrected chi connectivity index (χ1v) is 7.60. The van der Waals surface area contributed by atoms with E-state index in [-0.39, 0.29) is 27.0 Å². The lowest BCUT2D eigenvalue weighted by Crippen LogP contribution is -2.13. The number of phenolic OH excluding ortho intramolecular Hbond substituents is 1. The average Bonchev–Trinajstić information content (AvgIpc) is 2.36. The third-order valence-corrected chi connectivity index (χ3v) is 4.40. The van der Waals surface area contributed by atoms with Crippen molar-refractivity contribution in [3.8, 4) is 5.75 Å². The minimum absolute atomic E-state index is 0.0323. The zero-order valence-corrected chi connectivity index (χ0v) is 12.3. The lowest BCUT2D eigenvalue weighted by atomic mass is 10.3. The molecule has 106 valence electrons. The highest BCUT2D eigenvalue weighted by atomic mass is 35.5. The summed E-state index contributed by atoms with van der Waals surface area (Å²) in [6, 6.07) is 7.97. The number of rotatable bonds is 3. The molecule has 0 aliphatic heterocycles. The maximum Gasteiger partial charge on any atom is 0.262 e. The molecule has 0 aromatic heterocycles. The fraction of sp³-hybridized carbons (Fsp3) is 0. The third-order valence-electron chi connectivity index (χ3n) is 2.48. The SMILES string of the molecule is Nc1cc(S(=O)(=O)Nc2ccc(Cl)cc2Cl)ccc1O. The van der Waals surface area contributed by atoms with Crippen molar-refractivity contribution in [3.63, 3.8) is 0 Å². The number of hydrogen-bond acceptors (Lipinski definition) is 4. The molecule has 0 aliphatic carbocycles. The van der Waals surface area contributed by atoms with Gasteiger partial charge in [-0.15, -0.1) is 0 Å². The standard InChI is InChI=1S/C12H10Cl2N2O3S/c13-7-1-3-11(9(14)5-7)16-20(18,19)8-2-4-12(17)10(15)6-8/h1-6,16-17H,15H2. The molecule has 0 unspecified atom stereocenters. The molecule has 0 radical (unpaired) electrons. The number of sulfonamides is 1. The molecule has 0 amide bonds. The maximum absolute atomic E-state index is 12.2. The van der Waals surface area contributed by atoms with Crippen molar-refractivity contribution in [2.75, 3.05) is 10.5 Å². The van der Waals surface area contributed by atoms with Crippen LogP contribution in [0.5, 0.6) is 5.75 Å². The van der Waals surface area contributed by atoms with Gasteiger partial charge in [0, 0.05) is 5.02 Å². The lowest BCUT2D eigenvalue weighted by Gasteiger charge is -2.10. The molecule has 5 nitrogen and oxygen atoms in total. The zero-order chi connectivity index (χ0) is 14.9. The van der Waals surface area contributed by atoms with Crippen LogP contribution < -0.4 is 10.5 Å². The zero-order valence-electron chi connectivity index (χ0n) is 9.97. The molecule has 0 saturated heterocycles. The predicted molar refractivity (Wildman–Crippen MR) is 79.8 cm³/mol. The van der Waals surface area contributed by atoms with E-state index in [1.165, 1.54) is 30.3 Å². The lowest BCUT2D eigenvalue weighted by molar-refractivity contribution is 0.477. The highest BCUT2D eigenvalue weighted by Gasteiger charge is 2.17. The fourth-order valence-corrected chi connectivity index (χ4v) is 3.10. The Labute approximate surface area is 126 Å². The summed E-state index contributed by atoms with van der Waals surface area (Å²) in [5.74, 6) is -0.187. The van der Waals surface area contributed by atoms with Gasteiger partial charge in [0.05, 0.1) is 21.3 Å². The maximum atomic E-state index is 12.2. The Kier molecular flexibility index (Phi) is 3.99. The van der Waals surface area contributed by atoms with E-state index in [0.717, 1.165) is 6.07 Å². The molecule has 2 rings (SSSR count). The van der Waals surface area contributed by atoms with Gasteiger partial charge in [0.15, 0.2) is 0 Å². The monoisotopic (exact) mass is 332 g/mol. The van der Waals surface area contributed by atoms with Crippen LogP contribution in [0, 0.1) is 0 Å². The number of hydrogen-bond donors (Lipinski definition) is 3. The highest BCUT2D eigenvalue weighted by Crippen LogP contribution is 2.29. The van der Waals surface area contributed by atoms with Gasteiger partial charge in [0.25, 0.3) is 10.0 Å². The molecule has 0 saturated carbocycles. The molecule has 2 aromatic rings. The summed E-state index contributed by atoms with van der Waals surface area (Å²) >= 11 is 11.6. The quantitative estimate of drug-likeness (QED) is 0.594.